The van der Waals surface area contributed by atoms with Crippen LogP contribution in [0.25, 0.3) is 0 Å². The second-order valence-electron chi connectivity index (χ2n) is 3.11. The molecule has 0 aliphatic rings. The lowest BCUT2D eigenvalue weighted by Gasteiger charge is -2.21. The Labute approximate surface area is 90.3 Å². The summed E-state index contributed by atoms with van der Waals surface area (Å²) in [5.41, 5.74) is 0.000324. The van der Waals surface area contributed by atoms with Crippen LogP contribution in [-0.4, -0.2) is 7.05 Å². The van der Waals surface area contributed by atoms with Crippen LogP contribution in [0.2, 0.25) is 4.34 Å². The summed E-state index contributed by atoms with van der Waals surface area (Å²) in [5, 5.41) is 3.23. The summed E-state index contributed by atoms with van der Waals surface area (Å²) in [6.45, 7) is 4.25. The van der Waals surface area contributed by atoms with E-state index < -0.39 is 0 Å². The van der Waals surface area contributed by atoms with Gasteiger partial charge in [0, 0.05) is 14.9 Å². The van der Waals surface area contributed by atoms with Crippen LogP contribution < -0.4 is 5.32 Å². The molecule has 1 aromatic heterocycles. The highest BCUT2D eigenvalue weighted by atomic mass is 79.9. The van der Waals surface area contributed by atoms with Crippen molar-refractivity contribution in [1.82, 2.24) is 5.32 Å². The van der Waals surface area contributed by atoms with Crippen LogP contribution in [0.15, 0.2) is 10.5 Å². The summed E-state index contributed by atoms with van der Waals surface area (Å²) in [4.78, 5) is 1.24. The predicted molar refractivity (Wildman–Crippen MR) is 59.1 cm³/mol. The summed E-state index contributed by atoms with van der Waals surface area (Å²) < 4.78 is 1.79. The number of halogens is 2. The number of nitrogens with one attached hydrogen (secondary N) is 1. The molecule has 1 rings (SSSR count). The smallest absolute Gasteiger partial charge is 0.107 e. The van der Waals surface area contributed by atoms with Gasteiger partial charge in [0.2, 0.25) is 0 Å². The standard InChI is InChI=1S/C8H11BrClNS/c1-8(2,11-3)6-4-5(9)7(10)12-6/h4,11H,1-3H3. The number of hydrogen-bond donors (Lipinski definition) is 1. The van der Waals surface area contributed by atoms with Crippen LogP contribution >= 0.6 is 38.9 Å². The van der Waals surface area contributed by atoms with Gasteiger partial charge in [-0.05, 0) is 42.9 Å². The molecule has 0 aliphatic heterocycles. The van der Waals surface area contributed by atoms with E-state index in [2.05, 4.69) is 41.2 Å². The highest BCUT2D eigenvalue weighted by molar-refractivity contribution is 9.10. The average molecular weight is 269 g/mol. The molecule has 1 nitrogen and oxygen atoms in total. The molecule has 0 spiro atoms. The van der Waals surface area contributed by atoms with E-state index in [9.17, 15) is 0 Å². The molecular formula is C8H11BrClNS. The molecule has 0 atom stereocenters. The Balaban J connectivity index is 3.04. The molecule has 0 aromatic carbocycles. The highest BCUT2D eigenvalue weighted by Crippen LogP contribution is 2.37. The number of hydrogen-bond acceptors (Lipinski definition) is 2. The molecule has 0 amide bonds. The monoisotopic (exact) mass is 267 g/mol. The lowest BCUT2D eigenvalue weighted by molar-refractivity contribution is 0.454. The van der Waals surface area contributed by atoms with E-state index in [0.717, 1.165) is 8.81 Å². The summed E-state index contributed by atoms with van der Waals surface area (Å²) in [6.07, 6.45) is 0. The van der Waals surface area contributed by atoms with Gasteiger partial charge in [0.25, 0.3) is 0 Å². The molecule has 0 unspecified atom stereocenters. The summed E-state index contributed by atoms with van der Waals surface area (Å²) in [7, 11) is 1.95. The van der Waals surface area contributed by atoms with Crippen molar-refractivity contribution >= 4 is 38.9 Å². The minimum Gasteiger partial charge on any atom is -0.310 e. The van der Waals surface area contributed by atoms with Crippen molar-refractivity contribution in [1.29, 1.82) is 0 Å². The van der Waals surface area contributed by atoms with Gasteiger partial charge in [-0.2, -0.15) is 0 Å². The fourth-order valence-electron chi connectivity index (χ4n) is 0.778. The Hall–Kier alpha value is 0.430. The maximum Gasteiger partial charge on any atom is 0.107 e. The van der Waals surface area contributed by atoms with E-state index in [1.54, 1.807) is 11.3 Å². The first-order valence-corrected chi connectivity index (χ1v) is 5.60. The van der Waals surface area contributed by atoms with E-state index >= 15 is 0 Å². The largest absolute Gasteiger partial charge is 0.310 e. The molecule has 1 aromatic rings. The van der Waals surface area contributed by atoms with Crippen molar-refractivity contribution in [2.45, 2.75) is 19.4 Å². The normalized spacial score (nSPS) is 12.1. The minimum atomic E-state index is 0.000324. The summed E-state index contributed by atoms with van der Waals surface area (Å²) >= 11 is 10.9. The third-order valence-corrected chi connectivity index (χ3v) is 4.68. The maximum atomic E-state index is 5.94. The van der Waals surface area contributed by atoms with Gasteiger partial charge in [-0.25, -0.2) is 0 Å². The Kier molecular flexibility index (Phi) is 3.21. The van der Waals surface area contributed by atoms with Gasteiger partial charge in [0.05, 0.1) is 0 Å². The van der Waals surface area contributed by atoms with Crippen LogP contribution in [-0.2, 0) is 5.54 Å². The predicted octanol–water partition coefficient (Wildman–Crippen LogP) is 3.62. The zero-order chi connectivity index (χ0) is 9.35. The fraction of sp³-hybridized carbons (Fsp3) is 0.500. The molecule has 4 heteroatoms. The van der Waals surface area contributed by atoms with E-state index in [1.807, 2.05) is 7.05 Å². The van der Waals surface area contributed by atoms with Crippen LogP contribution in [0, 0.1) is 0 Å². The molecule has 0 bridgehead atoms. The van der Waals surface area contributed by atoms with E-state index in [0.29, 0.717) is 0 Å². The van der Waals surface area contributed by atoms with Gasteiger partial charge in [0.15, 0.2) is 0 Å². The van der Waals surface area contributed by atoms with Crippen molar-refractivity contribution in [2.75, 3.05) is 7.05 Å². The maximum absolute atomic E-state index is 5.94. The Bertz CT molecular complexity index is 263. The van der Waals surface area contributed by atoms with E-state index in [4.69, 9.17) is 11.6 Å². The summed E-state index contributed by atoms with van der Waals surface area (Å²) in [6, 6.07) is 2.06. The lowest BCUT2D eigenvalue weighted by atomic mass is 10.0. The Morgan fingerprint density at radius 2 is 2.17 bits per heavy atom. The van der Waals surface area contributed by atoms with Gasteiger partial charge in [-0.1, -0.05) is 11.6 Å². The molecule has 0 radical (unpaired) electrons. The number of thiophene rings is 1. The van der Waals surface area contributed by atoms with Gasteiger partial charge in [-0.3, -0.25) is 0 Å². The quantitative estimate of drug-likeness (QED) is 0.864. The van der Waals surface area contributed by atoms with Crippen LogP contribution in [0.4, 0.5) is 0 Å². The molecule has 0 aliphatic carbocycles. The van der Waals surface area contributed by atoms with Gasteiger partial charge < -0.3 is 5.32 Å². The molecule has 12 heavy (non-hydrogen) atoms. The molecule has 0 saturated heterocycles. The molecular weight excluding hydrogens is 258 g/mol. The second kappa shape index (κ2) is 3.66. The van der Waals surface area contributed by atoms with Crippen molar-refractivity contribution in [3.8, 4) is 0 Å². The van der Waals surface area contributed by atoms with Crippen LogP contribution in [0.5, 0.6) is 0 Å². The molecule has 1 heterocycles. The zero-order valence-electron chi connectivity index (χ0n) is 7.24. The Morgan fingerprint density at radius 1 is 1.58 bits per heavy atom. The van der Waals surface area contributed by atoms with Crippen molar-refractivity contribution in [2.24, 2.45) is 0 Å². The highest BCUT2D eigenvalue weighted by Gasteiger charge is 2.21. The van der Waals surface area contributed by atoms with Crippen molar-refractivity contribution < 1.29 is 0 Å². The lowest BCUT2D eigenvalue weighted by Crippen LogP contribution is -2.31. The third-order valence-electron chi connectivity index (χ3n) is 1.89. The van der Waals surface area contributed by atoms with Crippen LogP contribution in [0.1, 0.15) is 18.7 Å². The number of rotatable bonds is 2. The molecule has 1 N–H and O–H groups in total. The second-order valence-corrected chi connectivity index (χ2v) is 5.62. The van der Waals surface area contributed by atoms with Crippen molar-refractivity contribution in [3.05, 3.63) is 19.8 Å². The van der Waals surface area contributed by atoms with Crippen LogP contribution in [0.3, 0.4) is 0 Å². The fourth-order valence-corrected chi connectivity index (χ4v) is 2.59. The first-order chi connectivity index (χ1) is 5.47. The van der Waals surface area contributed by atoms with Crippen molar-refractivity contribution in [3.63, 3.8) is 0 Å². The van der Waals surface area contributed by atoms with Gasteiger partial charge in [-0.15, -0.1) is 11.3 Å². The van der Waals surface area contributed by atoms with E-state index in [1.165, 1.54) is 4.88 Å². The topological polar surface area (TPSA) is 12.0 Å². The van der Waals surface area contributed by atoms with Gasteiger partial charge >= 0.3 is 0 Å². The molecule has 0 saturated carbocycles. The first kappa shape index (κ1) is 10.5. The zero-order valence-corrected chi connectivity index (χ0v) is 10.4. The molecule has 0 fully saturated rings. The van der Waals surface area contributed by atoms with E-state index in [-0.39, 0.29) is 5.54 Å². The third kappa shape index (κ3) is 2.02. The SMILES string of the molecule is CNC(C)(C)c1cc(Br)c(Cl)s1. The van der Waals surface area contributed by atoms with Gasteiger partial charge in [0.1, 0.15) is 4.34 Å². The summed E-state index contributed by atoms with van der Waals surface area (Å²) in [5.74, 6) is 0. The first-order valence-electron chi connectivity index (χ1n) is 3.61. The minimum absolute atomic E-state index is 0.000324. The Morgan fingerprint density at radius 3 is 2.50 bits per heavy atom. The molecule has 68 valence electrons. The average Bonchev–Trinajstić information content (AvgIpc) is 2.33.